The van der Waals surface area contributed by atoms with Crippen LogP contribution in [0.25, 0.3) is 0 Å². The molecule has 1 heterocycles. The average molecular weight is 392 g/mol. The Morgan fingerprint density at radius 3 is 2.41 bits per heavy atom. The van der Waals surface area contributed by atoms with Crippen LogP contribution in [0.2, 0.25) is 0 Å². The van der Waals surface area contributed by atoms with Crippen LogP contribution >= 0.6 is 0 Å². The lowest BCUT2D eigenvalue weighted by Crippen LogP contribution is -2.31. The van der Waals surface area contributed by atoms with Gasteiger partial charge >= 0.3 is 0 Å². The molecule has 3 heteroatoms. The fourth-order valence-electron chi connectivity index (χ4n) is 4.96. The number of carbonyl (C=O) groups is 1. The van der Waals surface area contributed by atoms with Crippen LogP contribution in [0.4, 0.5) is 0 Å². The monoisotopic (exact) mass is 391 g/mol. The normalized spacial score (nSPS) is 22.5. The lowest BCUT2D eigenvalue weighted by Gasteiger charge is -2.26. The molecule has 1 saturated heterocycles. The predicted molar refractivity (Wildman–Crippen MR) is 118 cm³/mol. The van der Waals surface area contributed by atoms with Crippen molar-refractivity contribution in [1.82, 2.24) is 4.90 Å². The molecular weight excluding hydrogens is 358 g/mol. The highest BCUT2D eigenvalue weighted by molar-refractivity contribution is 5.98. The van der Waals surface area contributed by atoms with Gasteiger partial charge in [0.1, 0.15) is 5.75 Å². The van der Waals surface area contributed by atoms with Crippen LogP contribution in [0.3, 0.4) is 0 Å². The molecule has 2 fully saturated rings. The van der Waals surface area contributed by atoms with Gasteiger partial charge in [-0.15, -0.1) is 0 Å². The van der Waals surface area contributed by atoms with Gasteiger partial charge in [-0.1, -0.05) is 43.2 Å². The molecule has 2 aromatic carbocycles. The molecule has 0 amide bonds. The summed E-state index contributed by atoms with van der Waals surface area (Å²) in [5.74, 6) is 1.61. The molecule has 29 heavy (non-hydrogen) atoms. The zero-order valence-electron chi connectivity index (χ0n) is 17.4. The minimum atomic E-state index is 0.105. The quantitative estimate of drug-likeness (QED) is 0.426. The van der Waals surface area contributed by atoms with Gasteiger partial charge in [0.25, 0.3) is 0 Å². The van der Waals surface area contributed by atoms with Crippen LogP contribution in [-0.4, -0.2) is 36.9 Å². The standard InChI is InChI=1S/C26H33NO2/c28-26(25-12-7-11-24(25)21-9-3-1-4-10-21)22-13-15-23(16-14-22)29-20-8-19-27-17-5-2-6-18-27/h1,3-4,9-10,13-16,24-25H,2,5-8,11-12,17-20H2/t24-,25?/m0/s1. The van der Waals surface area contributed by atoms with Gasteiger partial charge in [-0.05, 0) is 80.9 Å². The van der Waals surface area contributed by atoms with Crippen LogP contribution in [0.5, 0.6) is 5.75 Å². The summed E-state index contributed by atoms with van der Waals surface area (Å²) in [6.45, 7) is 4.34. The maximum absolute atomic E-state index is 13.1. The van der Waals surface area contributed by atoms with E-state index in [1.165, 1.54) is 37.9 Å². The molecule has 3 nitrogen and oxygen atoms in total. The highest BCUT2D eigenvalue weighted by Gasteiger charge is 2.34. The van der Waals surface area contributed by atoms with E-state index < -0.39 is 0 Å². The van der Waals surface area contributed by atoms with Crippen molar-refractivity contribution >= 4 is 5.78 Å². The van der Waals surface area contributed by atoms with Crippen LogP contribution in [0.15, 0.2) is 54.6 Å². The number of hydrogen-bond acceptors (Lipinski definition) is 3. The van der Waals surface area contributed by atoms with Crippen LogP contribution in [-0.2, 0) is 0 Å². The smallest absolute Gasteiger partial charge is 0.166 e. The molecule has 0 bridgehead atoms. The second-order valence-electron chi connectivity index (χ2n) is 8.55. The first-order valence-electron chi connectivity index (χ1n) is 11.4. The van der Waals surface area contributed by atoms with Gasteiger partial charge in [0.05, 0.1) is 6.61 Å². The molecule has 154 valence electrons. The molecule has 1 saturated carbocycles. The first-order chi connectivity index (χ1) is 14.3. The van der Waals surface area contributed by atoms with Crippen molar-refractivity contribution in [3.8, 4) is 5.75 Å². The van der Waals surface area contributed by atoms with E-state index in [1.807, 2.05) is 30.3 Å². The molecule has 2 atom stereocenters. The number of rotatable bonds is 8. The predicted octanol–water partition coefficient (Wildman–Crippen LogP) is 5.71. The molecule has 0 N–H and O–H groups in total. The first-order valence-corrected chi connectivity index (χ1v) is 11.4. The Kier molecular flexibility index (Phi) is 7.00. The van der Waals surface area contributed by atoms with Crippen LogP contribution < -0.4 is 4.74 Å². The number of hydrogen-bond donors (Lipinski definition) is 0. The topological polar surface area (TPSA) is 29.5 Å². The third kappa shape index (κ3) is 5.27. The van der Waals surface area contributed by atoms with E-state index in [2.05, 4.69) is 29.2 Å². The Bertz CT molecular complexity index is 765. The second-order valence-corrected chi connectivity index (χ2v) is 8.55. The molecule has 0 spiro atoms. The minimum Gasteiger partial charge on any atom is -0.494 e. The van der Waals surface area contributed by atoms with Gasteiger partial charge in [0.15, 0.2) is 5.78 Å². The number of ketones is 1. The molecule has 2 aliphatic rings. The van der Waals surface area contributed by atoms with E-state index in [1.54, 1.807) is 0 Å². The van der Waals surface area contributed by atoms with Crippen LogP contribution in [0.1, 0.15) is 66.8 Å². The molecule has 1 unspecified atom stereocenters. The van der Waals surface area contributed by atoms with Crippen molar-refractivity contribution in [1.29, 1.82) is 0 Å². The van der Waals surface area contributed by atoms with Crippen LogP contribution in [0, 0.1) is 5.92 Å². The van der Waals surface area contributed by atoms with Crippen molar-refractivity contribution < 1.29 is 9.53 Å². The van der Waals surface area contributed by atoms with E-state index in [-0.39, 0.29) is 11.7 Å². The summed E-state index contributed by atoms with van der Waals surface area (Å²) in [6, 6.07) is 18.3. The second kappa shape index (κ2) is 10.1. The summed E-state index contributed by atoms with van der Waals surface area (Å²) in [7, 11) is 0. The summed E-state index contributed by atoms with van der Waals surface area (Å²) >= 11 is 0. The van der Waals surface area contributed by atoms with E-state index >= 15 is 0 Å². The maximum atomic E-state index is 13.1. The Morgan fingerprint density at radius 1 is 0.897 bits per heavy atom. The van der Waals surface area contributed by atoms with E-state index in [4.69, 9.17) is 4.74 Å². The maximum Gasteiger partial charge on any atom is 0.166 e. The van der Waals surface area contributed by atoms with Gasteiger partial charge in [-0.3, -0.25) is 4.79 Å². The highest BCUT2D eigenvalue weighted by Crippen LogP contribution is 2.41. The number of benzene rings is 2. The molecule has 2 aromatic rings. The third-order valence-electron chi connectivity index (χ3n) is 6.56. The van der Waals surface area contributed by atoms with E-state index in [0.29, 0.717) is 5.92 Å². The fraction of sp³-hybridized carbons (Fsp3) is 0.500. The summed E-state index contributed by atoms with van der Waals surface area (Å²) in [5.41, 5.74) is 2.12. The largest absolute Gasteiger partial charge is 0.494 e. The summed E-state index contributed by atoms with van der Waals surface area (Å²) in [4.78, 5) is 15.7. The Morgan fingerprint density at radius 2 is 1.66 bits per heavy atom. The number of Topliss-reactive ketones (excluding diaryl/α,β-unsaturated/α-hetero) is 1. The van der Waals surface area contributed by atoms with Crippen molar-refractivity contribution in [3.05, 3.63) is 65.7 Å². The molecule has 1 aliphatic carbocycles. The molecule has 0 aromatic heterocycles. The average Bonchev–Trinajstić information content (AvgIpc) is 3.28. The highest BCUT2D eigenvalue weighted by atomic mass is 16.5. The Labute approximate surface area is 175 Å². The minimum absolute atomic E-state index is 0.105. The molecule has 0 radical (unpaired) electrons. The van der Waals surface area contributed by atoms with Crippen molar-refractivity contribution in [2.24, 2.45) is 5.92 Å². The molecule has 1 aliphatic heterocycles. The fourth-order valence-corrected chi connectivity index (χ4v) is 4.96. The van der Waals surface area contributed by atoms with Crippen molar-refractivity contribution in [2.75, 3.05) is 26.2 Å². The van der Waals surface area contributed by atoms with Crippen molar-refractivity contribution in [2.45, 2.75) is 50.9 Å². The van der Waals surface area contributed by atoms with E-state index in [9.17, 15) is 4.79 Å². The summed E-state index contributed by atoms with van der Waals surface area (Å²) in [6.07, 6.45) is 8.34. The van der Waals surface area contributed by atoms with Gasteiger partial charge in [0.2, 0.25) is 0 Å². The zero-order valence-corrected chi connectivity index (χ0v) is 17.4. The van der Waals surface area contributed by atoms with E-state index in [0.717, 1.165) is 50.1 Å². The Balaban J connectivity index is 1.28. The van der Waals surface area contributed by atoms with Gasteiger partial charge < -0.3 is 9.64 Å². The number of nitrogens with zero attached hydrogens (tertiary/aromatic N) is 1. The number of ether oxygens (including phenoxy) is 1. The number of piperidine rings is 1. The summed E-state index contributed by atoms with van der Waals surface area (Å²) < 4.78 is 5.91. The zero-order chi connectivity index (χ0) is 19.9. The molecular formula is C26H33NO2. The SMILES string of the molecule is O=C(c1ccc(OCCCN2CCCCC2)cc1)C1CCC[C@H]1c1ccccc1. The van der Waals surface area contributed by atoms with Gasteiger partial charge in [-0.2, -0.15) is 0 Å². The lowest BCUT2D eigenvalue weighted by atomic mass is 9.84. The Hall–Kier alpha value is -2.13. The first kappa shape index (κ1) is 20.2. The lowest BCUT2D eigenvalue weighted by molar-refractivity contribution is 0.0912. The molecule has 4 rings (SSSR count). The number of carbonyl (C=O) groups excluding carboxylic acids is 1. The van der Waals surface area contributed by atoms with Crippen molar-refractivity contribution in [3.63, 3.8) is 0 Å². The number of likely N-dealkylation sites (tertiary alicyclic amines) is 1. The van der Waals surface area contributed by atoms with Gasteiger partial charge in [-0.25, -0.2) is 0 Å². The van der Waals surface area contributed by atoms with Gasteiger partial charge in [0, 0.05) is 18.0 Å². The summed E-state index contributed by atoms with van der Waals surface area (Å²) in [5, 5.41) is 0. The third-order valence-corrected chi connectivity index (χ3v) is 6.56.